The maximum atomic E-state index is 13.0. The summed E-state index contributed by atoms with van der Waals surface area (Å²) in [6, 6.07) is 6.17. The van der Waals surface area contributed by atoms with E-state index in [-0.39, 0.29) is 32.9 Å². The van der Waals surface area contributed by atoms with Gasteiger partial charge in [-0.3, -0.25) is 24.0 Å². The van der Waals surface area contributed by atoms with Crippen LogP contribution in [0.2, 0.25) is 0 Å². The number of esters is 2. The van der Waals surface area contributed by atoms with Gasteiger partial charge in [-0.25, -0.2) is 0 Å². The molecule has 0 unspecified atom stereocenters. The summed E-state index contributed by atoms with van der Waals surface area (Å²) in [5, 5.41) is 10.6. The normalized spacial score (nSPS) is 12.2. The van der Waals surface area contributed by atoms with E-state index in [4.69, 9.17) is 19.7 Å². The number of rotatable bonds is 16. The summed E-state index contributed by atoms with van der Waals surface area (Å²) in [6.45, 7) is 6.50. The molecule has 2 atom stereocenters. The van der Waals surface area contributed by atoms with Gasteiger partial charge in [0.15, 0.2) is 0 Å². The zero-order valence-corrected chi connectivity index (χ0v) is 22.6. The van der Waals surface area contributed by atoms with Crippen molar-refractivity contribution < 1.29 is 38.2 Å². The molecule has 1 rings (SSSR count). The van der Waals surface area contributed by atoms with Crippen LogP contribution in [0.1, 0.15) is 46.1 Å². The van der Waals surface area contributed by atoms with Crippen molar-refractivity contribution in [1.82, 2.24) is 16.0 Å². The number of amides is 3. The molecule has 0 heterocycles. The van der Waals surface area contributed by atoms with E-state index in [2.05, 4.69) is 26.0 Å². The second-order valence-corrected chi connectivity index (χ2v) is 9.31. The molecule has 1 aromatic carbocycles. The van der Waals surface area contributed by atoms with E-state index in [9.17, 15) is 24.0 Å². The maximum absolute atomic E-state index is 13.0. The Morgan fingerprint density at radius 2 is 1.59 bits per heavy atom. The van der Waals surface area contributed by atoms with E-state index < -0.39 is 60.2 Å². The van der Waals surface area contributed by atoms with Gasteiger partial charge in [0.05, 0.1) is 26.1 Å². The molecule has 0 aliphatic carbocycles. The van der Waals surface area contributed by atoms with Gasteiger partial charge < -0.3 is 30.2 Å². The first-order chi connectivity index (χ1) is 18.4. The lowest BCUT2D eigenvalue weighted by Gasteiger charge is -2.24. The number of nitrogens with one attached hydrogen (secondary N) is 3. The molecule has 14 heteroatoms. The second kappa shape index (κ2) is 17.4. The number of carbonyl (C=O) groups is 5. The third-order valence-corrected chi connectivity index (χ3v) is 4.68. The van der Waals surface area contributed by atoms with Gasteiger partial charge in [-0.1, -0.05) is 35.4 Å². The van der Waals surface area contributed by atoms with Crippen molar-refractivity contribution >= 4 is 29.7 Å². The predicted octanol–water partition coefficient (Wildman–Crippen LogP) is 1.28. The molecule has 14 nitrogen and oxygen atoms in total. The average molecular weight is 549 g/mol. The molecular formula is C25H36N6O8. The molecule has 0 saturated heterocycles. The van der Waals surface area contributed by atoms with E-state index in [0.29, 0.717) is 0 Å². The standard InChI is InChI=1S/C25H36N6O8/c1-17(32)29-20(14-21(33)38-16-18-8-6-5-7-9-18)24(36)30-19(15-22(34)39-25(2,3)4)23(35)27-10-12-37-13-11-28-31-26/h5-9,19-20H,10-16H2,1-4H3,(H,27,35)(H,29,32)(H,30,36)/t19-,20-/m0/s1. The Morgan fingerprint density at radius 1 is 0.949 bits per heavy atom. The fourth-order valence-electron chi connectivity index (χ4n) is 3.07. The first kappa shape index (κ1) is 32.9. The largest absolute Gasteiger partial charge is 0.461 e. The molecule has 0 aliphatic rings. The molecule has 0 spiro atoms. The molecular weight excluding hydrogens is 512 g/mol. The van der Waals surface area contributed by atoms with Gasteiger partial charge in [0.25, 0.3) is 0 Å². The van der Waals surface area contributed by atoms with Gasteiger partial charge in [0, 0.05) is 24.9 Å². The minimum absolute atomic E-state index is 0.0251. The van der Waals surface area contributed by atoms with Crippen LogP contribution in [0.4, 0.5) is 0 Å². The first-order valence-corrected chi connectivity index (χ1v) is 12.3. The Kier molecular flexibility index (Phi) is 14.6. The fraction of sp³-hybridized carbons (Fsp3) is 0.560. The van der Waals surface area contributed by atoms with Gasteiger partial charge >= 0.3 is 11.9 Å². The topological polar surface area (TPSA) is 198 Å². The van der Waals surface area contributed by atoms with Crippen molar-refractivity contribution in [2.45, 2.75) is 64.8 Å². The van der Waals surface area contributed by atoms with E-state index in [0.717, 1.165) is 5.56 Å². The lowest BCUT2D eigenvalue weighted by molar-refractivity contribution is -0.157. The van der Waals surface area contributed by atoms with Crippen LogP contribution in [0, 0.1) is 0 Å². The Morgan fingerprint density at radius 3 is 2.21 bits per heavy atom. The second-order valence-electron chi connectivity index (χ2n) is 9.31. The Bertz CT molecular complexity index is 1020. The number of ether oxygens (including phenoxy) is 3. The van der Waals surface area contributed by atoms with Crippen LogP contribution < -0.4 is 16.0 Å². The van der Waals surface area contributed by atoms with Crippen LogP contribution in [0.25, 0.3) is 10.4 Å². The van der Waals surface area contributed by atoms with E-state index in [1.54, 1.807) is 45.0 Å². The summed E-state index contributed by atoms with van der Waals surface area (Å²) in [4.78, 5) is 64.9. The quantitative estimate of drug-likeness (QED) is 0.0902. The highest BCUT2D eigenvalue weighted by Gasteiger charge is 2.31. The molecule has 3 amide bonds. The molecule has 0 aromatic heterocycles. The minimum atomic E-state index is -1.37. The summed E-state index contributed by atoms with van der Waals surface area (Å²) < 4.78 is 15.7. The monoisotopic (exact) mass is 548 g/mol. The number of nitrogens with zero attached hydrogens (tertiary/aromatic N) is 3. The van der Waals surface area contributed by atoms with Gasteiger partial charge in [-0.15, -0.1) is 0 Å². The van der Waals surface area contributed by atoms with E-state index in [1.807, 2.05) is 6.07 Å². The number of benzene rings is 1. The van der Waals surface area contributed by atoms with Crippen molar-refractivity contribution in [2.75, 3.05) is 26.3 Å². The van der Waals surface area contributed by atoms with Crippen LogP contribution in [0.3, 0.4) is 0 Å². The zero-order valence-electron chi connectivity index (χ0n) is 22.6. The smallest absolute Gasteiger partial charge is 0.308 e. The highest BCUT2D eigenvalue weighted by molar-refractivity contribution is 5.95. The summed E-state index contributed by atoms with van der Waals surface area (Å²) in [7, 11) is 0. The molecule has 1 aromatic rings. The third-order valence-electron chi connectivity index (χ3n) is 4.68. The van der Waals surface area contributed by atoms with Crippen LogP contribution in [-0.4, -0.2) is 73.6 Å². The van der Waals surface area contributed by atoms with Crippen molar-refractivity contribution in [3.63, 3.8) is 0 Å². The summed E-state index contributed by atoms with van der Waals surface area (Å²) in [6.07, 6.45) is -1.00. The molecule has 0 radical (unpaired) electrons. The lowest BCUT2D eigenvalue weighted by Crippen LogP contribution is -2.55. The van der Waals surface area contributed by atoms with Gasteiger partial charge in [0.1, 0.15) is 24.3 Å². The van der Waals surface area contributed by atoms with Gasteiger partial charge in [0.2, 0.25) is 17.7 Å². The van der Waals surface area contributed by atoms with Gasteiger partial charge in [-0.05, 0) is 31.9 Å². The molecule has 0 fully saturated rings. The molecule has 3 N–H and O–H groups in total. The van der Waals surface area contributed by atoms with Crippen molar-refractivity contribution in [2.24, 2.45) is 5.11 Å². The number of hydrogen-bond donors (Lipinski definition) is 3. The van der Waals surface area contributed by atoms with Crippen LogP contribution in [0.15, 0.2) is 35.4 Å². The number of carbonyl (C=O) groups excluding carboxylic acids is 5. The fourth-order valence-corrected chi connectivity index (χ4v) is 3.07. The van der Waals surface area contributed by atoms with Crippen LogP contribution in [-0.2, 0) is 44.8 Å². The summed E-state index contributed by atoms with van der Waals surface area (Å²) in [5.41, 5.74) is 8.16. The highest BCUT2D eigenvalue weighted by atomic mass is 16.6. The molecule has 39 heavy (non-hydrogen) atoms. The molecule has 0 bridgehead atoms. The average Bonchev–Trinajstić information content (AvgIpc) is 2.85. The Hall–Kier alpha value is -4.16. The highest BCUT2D eigenvalue weighted by Crippen LogP contribution is 2.10. The van der Waals surface area contributed by atoms with Crippen molar-refractivity contribution in [1.29, 1.82) is 0 Å². The van der Waals surface area contributed by atoms with Crippen molar-refractivity contribution in [3.8, 4) is 0 Å². The molecule has 0 saturated carbocycles. The maximum Gasteiger partial charge on any atom is 0.308 e. The molecule has 214 valence electrons. The van der Waals surface area contributed by atoms with Crippen LogP contribution in [0.5, 0.6) is 0 Å². The SMILES string of the molecule is CC(=O)N[C@@H](CC(=O)OCc1ccccc1)C(=O)N[C@@H](CC(=O)OC(C)(C)C)C(=O)NCCOCCN=[N+]=[N-]. The lowest BCUT2D eigenvalue weighted by atomic mass is 10.1. The Labute approximate surface area is 226 Å². The zero-order chi connectivity index (χ0) is 29.3. The van der Waals surface area contributed by atoms with E-state index >= 15 is 0 Å². The molecule has 0 aliphatic heterocycles. The van der Waals surface area contributed by atoms with Gasteiger partial charge in [-0.2, -0.15) is 0 Å². The van der Waals surface area contributed by atoms with Crippen LogP contribution >= 0.6 is 0 Å². The van der Waals surface area contributed by atoms with Crippen molar-refractivity contribution in [3.05, 3.63) is 46.3 Å². The Balaban J connectivity index is 2.85. The number of azide groups is 1. The van der Waals surface area contributed by atoms with E-state index in [1.165, 1.54) is 6.92 Å². The first-order valence-electron chi connectivity index (χ1n) is 12.3. The number of hydrogen-bond acceptors (Lipinski definition) is 9. The summed E-state index contributed by atoms with van der Waals surface area (Å²) in [5.74, 6) is -3.65. The summed E-state index contributed by atoms with van der Waals surface area (Å²) >= 11 is 0. The predicted molar refractivity (Wildman–Crippen MR) is 139 cm³/mol. The minimum Gasteiger partial charge on any atom is -0.461 e. The third kappa shape index (κ3) is 15.6.